The fraction of sp³-hybridized carbons (Fsp3) is 0.600. The smallest absolute Gasteiger partial charge is 0.224 e. The molecule has 0 saturated carbocycles. The first-order valence-electron chi connectivity index (χ1n) is 7.35. The topological polar surface area (TPSA) is 80.3 Å². The molecule has 0 amide bonds. The Morgan fingerprint density at radius 1 is 1.00 bits per heavy atom. The second-order valence-electron chi connectivity index (χ2n) is 6.09. The molecule has 1 N–H and O–H groups in total. The first-order valence-corrected chi connectivity index (χ1v) is 10.7. The summed E-state index contributed by atoms with van der Waals surface area (Å²) < 4.78 is 50.3. The zero-order chi connectivity index (χ0) is 17.0. The molecular weight excluding hydrogens is 322 g/mol. The lowest BCUT2D eigenvalue weighted by molar-refractivity contribution is 0.488. The van der Waals surface area contributed by atoms with Gasteiger partial charge in [-0.1, -0.05) is 32.8 Å². The lowest BCUT2D eigenvalue weighted by Crippen LogP contribution is -2.32. The Hall–Kier alpha value is -0.920. The maximum absolute atomic E-state index is 12.3. The van der Waals surface area contributed by atoms with Crippen molar-refractivity contribution in [2.75, 3.05) is 6.26 Å². The maximum Gasteiger partial charge on any atom is 0.240 e. The molecule has 1 atom stereocenters. The second kappa shape index (κ2) is 7.57. The van der Waals surface area contributed by atoms with Gasteiger partial charge < -0.3 is 0 Å². The van der Waals surface area contributed by atoms with Crippen molar-refractivity contribution >= 4 is 19.9 Å². The van der Waals surface area contributed by atoms with E-state index in [0.29, 0.717) is 5.92 Å². The molecule has 22 heavy (non-hydrogen) atoms. The summed E-state index contributed by atoms with van der Waals surface area (Å²) in [6, 6.07) is 5.23. The van der Waals surface area contributed by atoms with Gasteiger partial charge in [-0.2, -0.15) is 0 Å². The third kappa shape index (κ3) is 6.06. The Bertz CT molecular complexity index is 694. The Morgan fingerprint density at radius 2 is 1.59 bits per heavy atom. The molecule has 0 aliphatic rings. The summed E-state index contributed by atoms with van der Waals surface area (Å²) in [6.07, 6.45) is 3.81. The molecular formula is C15H25NO4S2. The number of hydrogen-bond donors (Lipinski definition) is 1. The van der Waals surface area contributed by atoms with Gasteiger partial charge >= 0.3 is 0 Å². The summed E-state index contributed by atoms with van der Waals surface area (Å²) in [5.74, 6) is 0.593. The Balaban J connectivity index is 2.82. The molecule has 0 aliphatic heterocycles. The van der Waals surface area contributed by atoms with Gasteiger partial charge in [0.1, 0.15) is 0 Å². The molecule has 1 rings (SSSR count). The van der Waals surface area contributed by atoms with Crippen LogP contribution in [-0.2, 0) is 19.9 Å². The van der Waals surface area contributed by atoms with Crippen LogP contribution in [0.15, 0.2) is 34.1 Å². The first-order chi connectivity index (χ1) is 10.0. The highest BCUT2D eigenvalue weighted by atomic mass is 32.2. The summed E-state index contributed by atoms with van der Waals surface area (Å²) in [5, 5.41) is 0. The molecule has 0 aromatic heterocycles. The molecule has 5 nitrogen and oxygen atoms in total. The molecule has 0 aliphatic carbocycles. The molecule has 0 bridgehead atoms. The van der Waals surface area contributed by atoms with Crippen LogP contribution in [0.5, 0.6) is 0 Å². The van der Waals surface area contributed by atoms with E-state index in [1.165, 1.54) is 24.3 Å². The number of sulfonamides is 1. The molecule has 1 unspecified atom stereocenters. The van der Waals surface area contributed by atoms with Crippen molar-refractivity contribution in [1.29, 1.82) is 0 Å². The minimum Gasteiger partial charge on any atom is -0.224 e. The van der Waals surface area contributed by atoms with Crippen LogP contribution in [0.2, 0.25) is 0 Å². The lowest BCUT2D eigenvalue weighted by Gasteiger charge is -2.15. The molecule has 126 valence electrons. The van der Waals surface area contributed by atoms with Gasteiger partial charge in [0.05, 0.1) is 9.79 Å². The van der Waals surface area contributed by atoms with Crippen LogP contribution in [0.4, 0.5) is 0 Å². The highest BCUT2D eigenvalue weighted by Crippen LogP contribution is 2.17. The normalized spacial score (nSPS) is 14.2. The maximum atomic E-state index is 12.3. The van der Waals surface area contributed by atoms with Crippen LogP contribution in [0.25, 0.3) is 0 Å². The van der Waals surface area contributed by atoms with E-state index < -0.39 is 19.9 Å². The van der Waals surface area contributed by atoms with Crippen molar-refractivity contribution in [3.8, 4) is 0 Å². The summed E-state index contributed by atoms with van der Waals surface area (Å²) in [5.41, 5.74) is 0. The SMILES string of the molecule is CC(C)CCCC(C)NS(=O)(=O)c1cccc(S(C)(=O)=O)c1. The zero-order valence-electron chi connectivity index (χ0n) is 13.5. The van der Waals surface area contributed by atoms with E-state index in [1.807, 2.05) is 6.92 Å². The zero-order valence-corrected chi connectivity index (χ0v) is 15.2. The average molecular weight is 348 g/mol. The van der Waals surface area contributed by atoms with Gasteiger partial charge in [0.2, 0.25) is 10.0 Å². The molecule has 0 radical (unpaired) electrons. The van der Waals surface area contributed by atoms with E-state index in [9.17, 15) is 16.8 Å². The van der Waals surface area contributed by atoms with E-state index in [4.69, 9.17) is 0 Å². The Labute approximate surface area is 134 Å². The first kappa shape index (κ1) is 19.1. The summed E-state index contributed by atoms with van der Waals surface area (Å²) in [6.45, 7) is 6.08. The molecule has 0 fully saturated rings. The highest BCUT2D eigenvalue weighted by molar-refractivity contribution is 7.91. The number of benzene rings is 1. The van der Waals surface area contributed by atoms with Crippen LogP contribution in [0, 0.1) is 5.92 Å². The Kier molecular flexibility index (Phi) is 6.58. The van der Waals surface area contributed by atoms with E-state index in [-0.39, 0.29) is 15.8 Å². The van der Waals surface area contributed by atoms with Crippen molar-refractivity contribution in [1.82, 2.24) is 4.72 Å². The standard InChI is InChI=1S/C15H25NO4S2/c1-12(2)7-5-8-13(3)16-22(19,20)15-10-6-9-14(11-15)21(4,17)18/h6,9-13,16H,5,7-8H2,1-4H3. The van der Waals surface area contributed by atoms with E-state index in [2.05, 4.69) is 18.6 Å². The van der Waals surface area contributed by atoms with E-state index in [1.54, 1.807) is 0 Å². The van der Waals surface area contributed by atoms with Crippen molar-refractivity contribution in [3.63, 3.8) is 0 Å². The largest absolute Gasteiger partial charge is 0.240 e. The third-order valence-electron chi connectivity index (χ3n) is 3.32. The van der Waals surface area contributed by atoms with Gasteiger partial charge in [0.15, 0.2) is 9.84 Å². The van der Waals surface area contributed by atoms with Crippen LogP contribution in [0.3, 0.4) is 0 Å². The van der Waals surface area contributed by atoms with Crippen molar-refractivity contribution < 1.29 is 16.8 Å². The molecule has 0 spiro atoms. The lowest BCUT2D eigenvalue weighted by atomic mass is 10.0. The molecule has 1 aromatic rings. The Morgan fingerprint density at radius 3 is 2.14 bits per heavy atom. The summed E-state index contributed by atoms with van der Waals surface area (Å²) in [4.78, 5) is -0.0195. The van der Waals surface area contributed by atoms with Crippen LogP contribution < -0.4 is 4.72 Å². The third-order valence-corrected chi connectivity index (χ3v) is 6.02. The van der Waals surface area contributed by atoms with Gasteiger partial charge in [-0.05, 0) is 37.5 Å². The van der Waals surface area contributed by atoms with Crippen molar-refractivity contribution in [3.05, 3.63) is 24.3 Å². The minimum atomic E-state index is -3.71. The van der Waals surface area contributed by atoms with E-state index in [0.717, 1.165) is 25.5 Å². The fourth-order valence-electron chi connectivity index (χ4n) is 2.10. The monoisotopic (exact) mass is 347 g/mol. The minimum absolute atomic E-state index is 0.00263. The highest BCUT2D eigenvalue weighted by Gasteiger charge is 2.19. The summed E-state index contributed by atoms with van der Waals surface area (Å²) >= 11 is 0. The number of rotatable bonds is 8. The van der Waals surface area contributed by atoms with Gasteiger partial charge in [-0.25, -0.2) is 21.6 Å². The fourth-order valence-corrected chi connectivity index (χ4v) is 4.16. The van der Waals surface area contributed by atoms with Crippen molar-refractivity contribution in [2.24, 2.45) is 5.92 Å². The van der Waals surface area contributed by atoms with Crippen LogP contribution in [0.1, 0.15) is 40.0 Å². The van der Waals surface area contributed by atoms with Gasteiger partial charge in [0.25, 0.3) is 0 Å². The predicted octanol–water partition coefficient (Wildman–Crippen LogP) is 2.58. The molecule has 0 saturated heterocycles. The van der Waals surface area contributed by atoms with Crippen molar-refractivity contribution in [2.45, 2.75) is 55.9 Å². The quantitative estimate of drug-likeness (QED) is 0.784. The van der Waals surface area contributed by atoms with Gasteiger partial charge in [0, 0.05) is 12.3 Å². The number of sulfone groups is 1. The molecule has 0 heterocycles. The number of nitrogens with one attached hydrogen (secondary N) is 1. The molecule has 1 aromatic carbocycles. The van der Waals surface area contributed by atoms with E-state index >= 15 is 0 Å². The van der Waals surface area contributed by atoms with Crippen LogP contribution >= 0.6 is 0 Å². The van der Waals surface area contributed by atoms with Gasteiger partial charge in [-0.15, -0.1) is 0 Å². The molecule has 7 heteroatoms. The second-order valence-corrected chi connectivity index (χ2v) is 9.82. The van der Waals surface area contributed by atoms with Crippen LogP contribution in [-0.4, -0.2) is 29.1 Å². The van der Waals surface area contributed by atoms with Gasteiger partial charge in [-0.3, -0.25) is 0 Å². The number of hydrogen-bond acceptors (Lipinski definition) is 4. The summed E-state index contributed by atoms with van der Waals surface area (Å²) in [7, 11) is -7.14. The average Bonchev–Trinajstić information content (AvgIpc) is 2.36. The predicted molar refractivity (Wildman–Crippen MR) is 88.0 cm³/mol.